The Morgan fingerprint density at radius 2 is 1.85 bits per heavy atom. The van der Waals surface area contributed by atoms with E-state index in [9.17, 15) is 9.59 Å². The number of ketones is 1. The van der Waals surface area contributed by atoms with E-state index in [-0.39, 0.29) is 24.5 Å². The third kappa shape index (κ3) is 6.73. The average Bonchev–Trinajstić information content (AvgIpc) is 2.69. The highest BCUT2D eigenvalue weighted by Crippen LogP contribution is 2.14. The second-order valence-corrected chi connectivity index (χ2v) is 6.49. The minimum atomic E-state index is -0.144. The number of aromatic nitrogens is 1. The predicted molar refractivity (Wildman–Crippen MR) is 106 cm³/mol. The molecule has 0 saturated carbocycles. The van der Waals surface area contributed by atoms with Gasteiger partial charge in [-0.25, -0.2) is 4.98 Å². The first-order chi connectivity index (χ1) is 13.0. The second kappa shape index (κ2) is 10.3. The molecule has 0 atom stereocenters. The molecule has 1 amide bonds. The summed E-state index contributed by atoms with van der Waals surface area (Å²) in [6.45, 7) is 3.11. The van der Waals surface area contributed by atoms with Crippen molar-refractivity contribution in [3.8, 4) is 5.75 Å². The normalized spacial score (nSPS) is 10.3. The van der Waals surface area contributed by atoms with Crippen LogP contribution in [0.2, 0.25) is 0 Å². The number of anilines is 1. The molecule has 0 aliphatic carbocycles. The van der Waals surface area contributed by atoms with E-state index in [1.807, 2.05) is 38.1 Å². The molecule has 1 heterocycles. The Kier molecular flexibility index (Phi) is 7.79. The van der Waals surface area contributed by atoms with Gasteiger partial charge in [0.25, 0.3) is 0 Å². The van der Waals surface area contributed by atoms with Crippen LogP contribution in [0.5, 0.6) is 5.75 Å². The largest absolute Gasteiger partial charge is 0.494 e. The molecule has 1 N–H and O–H groups in total. The summed E-state index contributed by atoms with van der Waals surface area (Å²) in [6, 6.07) is 10.8. The van der Waals surface area contributed by atoms with E-state index < -0.39 is 0 Å². The maximum atomic E-state index is 12.2. The fourth-order valence-electron chi connectivity index (χ4n) is 2.43. The van der Waals surface area contributed by atoms with Crippen molar-refractivity contribution in [2.45, 2.75) is 32.7 Å². The molecule has 0 bridgehead atoms. The Bertz CT molecular complexity index is 758. The van der Waals surface area contributed by atoms with E-state index in [2.05, 4.69) is 10.3 Å². The van der Waals surface area contributed by atoms with Gasteiger partial charge in [-0.2, -0.15) is 0 Å². The van der Waals surface area contributed by atoms with E-state index in [1.54, 1.807) is 30.5 Å². The molecular formula is C21H27N3O3. The molecule has 144 valence electrons. The highest BCUT2D eigenvalue weighted by molar-refractivity contribution is 5.98. The summed E-state index contributed by atoms with van der Waals surface area (Å²) in [7, 11) is 3.83. The first-order valence-electron chi connectivity index (χ1n) is 9.14. The number of hydrogen-bond acceptors (Lipinski definition) is 5. The van der Waals surface area contributed by atoms with Gasteiger partial charge in [0.05, 0.1) is 6.61 Å². The minimum absolute atomic E-state index is 0.0500. The van der Waals surface area contributed by atoms with Gasteiger partial charge < -0.3 is 15.0 Å². The molecular weight excluding hydrogens is 342 g/mol. The van der Waals surface area contributed by atoms with Crippen molar-refractivity contribution >= 4 is 17.5 Å². The molecule has 6 heteroatoms. The van der Waals surface area contributed by atoms with Crippen LogP contribution in [0.4, 0.5) is 5.82 Å². The molecule has 27 heavy (non-hydrogen) atoms. The molecule has 0 fully saturated rings. The van der Waals surface area contributed by atoms with Crippen LogP contribution in [0.15, 0.2) is 42.6 Å². The number of nitrogens with zero attached hydrogens (tertiary/aromatic N) is 2. The Balaban J connectivity index is 1.77. The third-order valence-corrected chi connectivity index (χ3v) is 3.99. The second-order valence-electron chi connectivity index (χ2n) is 6.49. The lowest BCUT2D eigenvalue weighted by molar-refractivity contribution is -0.121. The zero-order chi connectivity index (χ0) is 19.6. The predicted octanol–water partition coefficient (Wildman–Crippen LogP) is 3.22. The lowest BCUT2D eigenvalue weighted by Crippen LogP contribution is -2.23. The van der Waals surface area contributed by atoms with Crippen LogP contribution in [-0.4, -0.2) is 37.4 Å². The Hall–Kier alpha value is -2.89. The lowest BCUT2D eigenvalue weighted by atomic mass is 10.1. The molecule has 0 saturated heterocycles. The molecule has 0 spiro atoms. The Labute approximate surface area is 160 Å². The van der Waals surface area contributed by atoms with Gasteiger partial charge in [-0.05, 0) is 48.4 Å². The lowest BCUT2D eigenvalue weighted by Gasteiger charge is -2.12. The van der Waals surface area contributed by atoms with Crippen LogP contribution < -0.4 is 15.0 Å². The molecule has 2 rings (SSSR count). The molecule has 6 nitrogen and oxygen atoms in total. The van der Waals surface area contributed by atoms with E-state index in [0.29, 0.717) is 18.7 Å². The van der Waals surface area contributed by atoms with Crippen LogP contribution >= 0.6 is 0 Å². The van der Waals surface area contributed by atoms with Crippen LogP contribution in [0, 0.1) is 0 Å². The van der Waals surface area contributed by atoms with E-state index in [0.717, 1.165) is 23.6 Å². The number of nitrogens with one attached hydrogen (secondary N) is 1. The summed E-state index contributed by atoms with van der Waals surface area (Å²) in [5.41, 5.74) is 1.56. The SMILES string of the molecule is CCCOc1ccc(C(=O)CCC(=O)NCc2ccnc(N(C)C)c2)cc1. The number of Topliss-reactive ketones (excluding diaryl/α,β-unsaturated/α-hetero) is 1. The number of rotatable bonds is 10. The van der Waals surface area contributed by atoms with Crippen LogP contribution in [0.3, 0.4) is 0 Å². The number of amides is 1. The first-order valence-corrected chi connectivity index (χ1v) is 9.14. The Morgan fingerprint density at radius 3 is 2.52 bits per heavy atom. The third-order valence-electron chi connectivity index (χ3n) is 3.99. The number of ether oxygens (including phenoxy) is 1. The number of carbonyl (C=O) groups excluding carboxylic acids is 2. The van der Waals surface area contributed by atoms with Crippen molar-refractivity contribution in [2.24, 2.45) is 0 Å². The number of pyridine rings is 1. The molecule has 0 unspecified atom stereocenters. The van der Waals surface area contributed by atoms with Gasteiger partial charge in [0.2, 0.25) is 5.91 Å². The maximum absolute atomic E-state index is 12.2. The van der Waals surface area contributed by atoms with Crippen LogP contribution in [0.25, 0.3) is 0 Å². The van der Waals surface area contributed by atoms with Crippen molar-refractivity contribution in [2.75, 3.05) is 25.6 Å². The summed E-state index contributed by atoms with van der Waals surface area (Å²) in [5, 5.41) is 2.85. The molecule has 0 aliphatic heterocycles. The molecule has 1 aromatic heterocycles. The quantitative estimate of drug-likeness (QED) is 0.651. The number of hydrogen-bond donors (Lipinski definition) is 1. The fourth-order valence-corrected chi connectivity index (χ4v) is 2.43. The summed E-state index contributed by atoms with van der Waals surface area (Å²) in [5.74, 6) is 1.39. The zero-order valence-corrected chi connectivity index (χ0v) is 16.2. The number of carbonyl (C=O) groups is 2. The van der Waals surface area contributed by atoms with Gasteiger partial charge in [0.15, 0.2) is 5.78 Å². The maximum Gasteiger partial charge on any atom is 0.220 e. The molecule has 2 aromatic rings. The van der Waals surface area contributed by atoms with Gasteiger partial charge in [0.1, 0.15) is 11.6 Å². The first kappa shape index (κ1) is 20.4. The monoisotopic (exact) mass is 369 g/mol. The number of benzene rings is 1. The summed E-state index contributed by atoms with van der Waals surface area (Å²) in [4.78, 5) is 30.4. The van der Waals surface area contributed by atoms with Gasteiger partial charge in [-0.15, -0.1) is 0 Å². The molecule has 0 aliphatic rings. The summed E-state index contributed by atoms with van der Waals surface area (Å²) >= 11 is 0. The van der Waals surface area contributed by atoms with Gasteiger partial charge in [-0.1, -0.05) is 6.92 Å². The van der Waals surface area contributed by atoms with Crippen molar-refractivity contribution in [3.63, 3.8) is 0 Å². The van der Waals surface area contributed by atoms with Gasteiger partial charge in [0, 0.05) is 45.2 Å². The standard InChI is InChI=1S/C21H27N3O3/c1-4-13-27-18-7-5-17(6-8-18)19(25)9-10-21(26)23-15-16-11-12-22-20(14-16)24(2)3/h5-8,11-12,14H,4,9-10,13,15H2,1-3H3,(H,23,26). The van der Waals surface area contributed by atoms with Crippen molar-refractivity contribution in [3.05, 3.63) is 53.7 Å². The van der Waals surface area contributed by atoms with Crippen molar-refractivity contribution in [1.29, 1.82) is 0 Å². The highest BCUT2D eigenvalue weighted by atomic mass is 16.5. The average molecular weight is 369 g/mol. The minimum Gasteiger partial charge on any atom is -0.494 e. The molecule has 1 aromatic carbocycles. The van der Waals surface area contributed by atoms with E-state index in [4.69, 9.17) is 4.74 Å². The topological polar surface area (TPSA) is 71.5 Å². The van der Waals surface area contributed by atoms with Gasteiger partial charge in [-0.3, -0.25) is 9.59 Å². The van der Waals surface area contributed by atoms with Crippen LogP contribution in [0.1, 0.15) is 42.1 Å². The summed E-state index contributed by atoms with van der Waals surface area (Å²) in [6.07, 6.45) is 3.00. The smallest absolute Gasteiger partial charge is 0.220 e. The van der Waals surface area contributed by atoms with Crippen molar-refractivity contribution < 1.29 is 14.3 Å². The summed E-state index contributed by atoms with van der Waals surface area (Å²) < 4.78 is 5.50. The van der Waals surface area contributed by atoms with Crippen LogP contribution in [-0.2, 0) is 11.3 Å². The van der Waals surface area contributed by atoms with E-state index >= 15 is 0 Å². The fraction of sp³-hybridized carbons (Fsp3) is 0.381. The highest BCUT2D eigenvalue weighted by Gasteiger charge is 2.10. The van der Waals surface area contributed by atoms with E-state index in [1.165, 1.54) is 0 Å². The van der Waals surface area contributed by atoms with Crippen molar-refractivity contribution in [1.82, 2.24) is 10.3 Å². The van der Waals surface area contributed by atoms with Gasteiger partial charge >= 0.3 is 0 Å². The zero-order valence-electron chi connectivity index (χ0n) is 16.2. The molecule has 0 radical (unpaired) electrons. The Morgan fingerprint density at radius 1 is 1.11 bits per heavy atom.